The van der Waals surface area contributed by atoms with Gasteiger partial charge in [0.25, 0.3) is 5.91 Å². The first-order valence-electron chi connectivity index (χ1n) is 13.0. The summed E-state index contributed by atoms with van der Waals surface area (Å²) in [6.07, 6.45) is 0.578. The van der Waals surface area contributed by atoms with Gasteiger partial charge in [-0.15, -0.1) is 0 Å². The lowest BCUT2D eigenvalue weighted by Crippen LogP contribution is -2.31. The predicted octanol–water partition coefficient (Wildman–Crippen LogP) is 6.35. The first kappa shape index (κ1) is 26.6. The second kappa shape index (κ2) is 11.0. The van der Waals surface area contributed by atoms with E-state index in [9.17, 15) is 9.59 Å². The maximum absolute atomic E-state index is 13.9. The summed E-state index contributed by atoms with van der Waals surface area (Å²) in [6.45, 7) is 6.91. The Bertz CT molecular complexity index is 1590. The maximum Gasteiger partial charge on any atom is 0.290 e. The minimum Gasteiger partial charge on any atom is -0.497 e. The molecule has 1 aliphatic heterocycles. The minimum atomic E-state index is -0.665. The van der Waals surface area contributed by atoms with Gasteiger partial charge in [-0.25, -0.2) is 0 Å². The number of carbonyl (C=O) groups is 1. The van der Waals surface area contributed by atoms with Crippen molar-refractivity contribution in [2.75, 3.05) is 26.9 Å². The quantitative estimate of drug-likeness (QED) is 0.243. The van der Waals surface area contributed by atoms with Crippen LogP contribution < -0.4 is 19.6 Å². The van der Waals surface area contributed by atoms with Gasteiger partial charge < -0.3 is 23.5 Å². The Morgan fingerprint density at radius 1 is 0.949 bits per heavy atom. The molecule has 202 valence electrons. The van der Waals surface area contributed by atoms with Gasteiger partial charge in [-0.05, 0) is 80.3 Å². The molecule has 0 N–H and O–H groups in total. The number of aryl methyl sites for hydroxylation is 1. The zero-order chi connectivity index (χ0) is 27.7. The molecule has 2 heterocycles. The molecule has 0 radical (unpaired) electrons. The number of hydrogen-bond acceptors (Lipinski definition) is 6. The van der Waals surface area contributed by atoms with E-state index in [0.717, 1.165) is 22.4 Å². The van der Waals surface area contributed by atoms with Gasteiger partial charge in [0.05, 0.1) is 37.3 Å². The predicted molar refractivity (Wildman–Crippen MR) is 151 cm³/mol. The second-order valence-electron chi connectivity index (χ2n) is 9.34. The average molecular weight is 548 g/mol. The van der Waals surface area contributed by atoms with E-state index in [4.69, 9.17) is 30.2 Å². The summed E-state index contributed by atoms with van der Waals surface area (Å²) < 4.78 is 23.0. The number of halogens is 1. The van der Waals surface area contributed by atoms with Crippen LogP contribution in [0.5, 0.6) is 17.2 Å². The highest BCUT2D eigenvalue weighted by Crippen LogP contribution is 2.41. The molecule has 5 rings (SSSR count). The molecular weight excluding hydrogens is 518 g/mol. The number of fused-ring (bicyclic) bond motifs is 2. The number of hydrogen-bond donors (Lipinski definition) is 0. The first-order valence-corrected chi connectivity index (χ1v) is 13.3. The Hall–Kier alpha value is -3.97. The molecule has 1 aromatic heterocycles. The van der Waals surface area contributed by atoms with Gasteiger partial charge in [0.2, 0.25) is 5.76 Å². The van der Waals surface area contributed by atoms with E-state index in [2.05, 4.69) is 0 Å². The normalized spacial score (nSPS) is 14.5. The summed E-state index contributed by atoms with van der Waals surface area (Å²) in [6, 6.07) is 15.9. The van der Waals surface area contributed by atoms with Crippen molar-refractivity contribution in [2.24, 2.45) is 0 Å². The van der Waals surface area contributed by atoms with Gasteiger partial charge in [0.1, 0.15) is 11.3 Å². The van der Waals surface area contributed by atoms with E-state index in [-0.39, 0.29) is 17.1 Å². The number of rotatable bonds is 9. The first-order chi connectivity index (χ1) is 18.9. The van der Waals surface area contributed by atoms with Crippen molar-refractivity contribution < 1.29 is 23.4 Å². The van der Waals surface area contributed by atoms with Crippen LogP contribution in [-0.2, 0) is 6.42 Å². The summed E-state index contributed by atoms with van der Waals surface area (Å²) >= 11 is 6.37. The zero-order valence-electron chi connectivity index (χ0n) is 22.4. The maximum atomic E-state index is 13.9. The highest BCUT2D eigenvalue weighted by atomic mass is 35.5. The largest absolute Gasteiger partial charge is 0.497 e. The van der Waals surface area contributed by atoms with E-state index >= 15 is 0 Å². The summed E-state index contributed by atoms with van der Waals surface area (Å²) in [7, 11) is 1.62. The summed E-state index contributed by atoms with van der Waals surface area (Å²) in [5, 5.41) is 0.807. The van der Waals surface area contributed by atoms with E-state index < -0.39 is 6.04 Å². The third kappa shape index (κ3) is 4.94. The molecule has 0 aliphatic carbocycles. The number of benzene rings is 3. The molecule has 1 aliphatic rings. The molecular formula is C31H30ClNO6. The third-order valence-electron chi connectivity index (χ3n) is 6.93. The Morgan fingerprint density at radius 2 is 1.67 bits per heavy atom. The molecule has 1 atom stereocenters. The van der Waals surface area contributed by atoms with Crippen molar-refractivity contribution >= 4 is 28.5 Å². The van der Waals surface area contributed by atoms with Crippen LogP contribution in [0.1, 0.15) is 52.7 Å². The average Bonchev–Trinajstić information content (AvgIpc) is 3.21. The lowest BCUT2D eigenvalue weighted by atomic mass is 9.97. The van der Waals surface area contributed by atoms with E-state index in [1.54, 1.807) is 24.1 Å². The molecule has 0 saturated carbocycles. The third-order valence-corrected chi connectivity index (χ3v) is 7.34. The molecule has 4 aromatic rings. The number of nitrogens with zero attached hydrogens (tertiary/aromatic N) is 1. The second-order valence-corrected chi connectivity index (χ2v) is 9.75. The molecule has 0 saturated heterocycles. The van der Waals surface area contributed by atoms with Crippen molar-refractivity contribution in [1.82, 2.24) is 4.90 Å². The molecule has 3 aromatic carbocycles. The van der Waals surface area contributed by atoms with Crippen LogP contribution >= 0.6 is 11.6 Å². The minimum absolute atomic E-state index is 0.0563. The van der Waals surface area contributed by atoms with Crippen LogP contribution in [-0.4, -0.2) is 37.7 Å². The van der Waals surface area contributed by atoms with Crippen LogP contribution in [0, 0.1) is 6.92 Å². The Morgan fingerprint density at radius 3 is 2.36 bits per heavy atom. The fourth-order valence-corrected chi connectivity index (χ4v) is 5.16. The monoisotopic (exact) mass is 547 g/mol. The summed E-state index contributed by atoms with van der Waals surface area (Å²) in [4.78, 5) is 29.4. The van der Waals surface area contributed by atoms with Crippen molar-refractivity contribution in [3.8, 4) is 17.2 Å². The Labute approximate surface area is 231 Å². The van der Waals surface area contributed by atoms with Crippen LogP contribution in [0.15, 0.2) is 63.8 Å². The van der Waals surface area contributed by atoms with Gasteiger partial charge >= 0.3 is 0 Å². The Kier molecular flexibility index (Phi) is 7.53. The van der Waals surface area contributed by atoms with Gasteiger partial charge in [0.15, 0.2) is 16.9 Å². The van der Waals surface area contributed by atoms with Crippen molar-refractivity contribution in [3.05, 3.63) is 97.9 Å². The van der Waals surface area contributed by atoms with Crippen molar-refractivity contribution in [3.63, 3.8) is 0 Å². The zero-order valence-corrected chi connectivity index (χ0v) is 23.1. The van der Waals surface area contributed by atoms with Gasteiger partial charge in [0, 0.05) is 11.6 Å². The number of methoxy groups -OCH3 is 1. The summed E-state index contributed by atoms with van der Waals surface area (Å²) in [5.74, 6) is 1.64. The van der Waals surface area contributed by atoms with Crippen molar-refractivity contribution in [1.29, 1.82) is 0 Å². The smallest absolute Gasteiger partial charge is 0.290 e. The molecule has 8 heteroatoms. The number of carbonyl (C=O) groups excluding carboxylic acids is 1. The fourth-order valence-electron chi connectivity index (χ4n) is 5.00. The van der Waals surface area contributed by atoms with Crippen LogP contribution in [0.2, 0.25) is 5.02 Å². The van der Waals surface area contributed by atoms with E-state index in [1.807, 2.05) is 63.2 Å². The van der Waals surface area contributed by atoms with Crippen LogP contribution in [0.25, 0.3) is 11.0 Å². The van der Waals surface area contributed by atoms with Crippen molar-refractivity contribution in [2.45, 2.75) is 33.2 Å². The standard InChI is InChI=1S/C31H30ClNO6/c1-5-37-24-12-9-20(16-26(24)38-6-2)28-27-29(34)22-17-23(32)18(3)15-25(22)39-30(27)31(35)33(28)14-13-19-7-10-21(36-4)11-8-19/h7-12,15-17,28H,5-6,13-14H2,1-4H3. The molecule has 1 amide bonds. The van der Waals surface area contributed by atoms with Crippen LogP contribution in [0.3, 0.4) is 0 Å². The fraction of sp³-hybridized carbons (Fsp3) is 0.290. The molecule has 1 unspecified atom stereocenters. The highest BCUT2D eigenvalue weighted by Gasteiger charge is 2.42. The number of amides is 1. The van der Waals surface area contributed by atoms with Crippen LogP contribution in [0.4, 0.5) is 0 Å². The molecule has 39 heavy (non-hydrogen) atoms. The lowest BCUT2D eigenvalue weighted by Gasteiger charge is -2.26. The number of ether oxygens (including phenoxy) is 3. The molecule has 0 fully saturated rings. The van der Waals surface area contributed by atoms with Gasteiger partial charge in [-0.3, -0.25) is 9.59 Å². The highest BCUT2D eigenvalue weighted by molar-refractivity contribution is 6.32. The topological polar surface area (TPSA) is 78.2 Å². The Balaban J connectivity index is 1.64. The SMILES string of the molecule is CCOc1ccc(C2c3c(oc4cc(C)c(Cl)cc4c3=O)C(=O)N2CCc2ccc(OC)cc2)cc1OCC. The molecule has 0 spiro atoms. The van der Waals surface area contributed by atoms with Gasteiger partial charge in [-0.1, -0.05) is 29.8 Å². The molecule has 7 nitrogen and oxygen atoms in total. The van der Waals surface area contributed by atoms with E-state index in [0.29, 0.717) is 59.2 Å². The summed E-state index contributed by atoms with van der Waals surface area (Å²) in [5.41, 5.74) is 2.89. The lowest BCUT2D eigenvalue weighted by molar-refractivity contribution is 0.0729. The molecule has 0 bridgehead atoms. The van der Waals surface area contributed by atoms with E-state index in [1.165, 1.54) is 0 Å². The van der Waals surface area contributed by atoms with Gasteiger partial charge in [-0.2, -0.15) is 0 Å².